The van der Waals surface area contributed by atoms with Gasteiger partial charge in [-0.1, -0.05) is 18.2 Å². The van der Waals surface area contributed by atoms with E-state index in [1.54, 1.807) is 0 Å². The normalized spacial score (nSPS) is 18.0. The lowest BCUT2D eigenvalue weighted by molar-refractivity contribution is 0.122. The molecule has 3 heterocycles. The molecule has 4 aromatic rings. The molecule has 0 unspecified atom stereocenters. The number of nitrogens with one attached hydrogen (secondary N) is 2. The van der Waals surface area contributed by atoms with Crippen molar-refractivity contribution in [3.05, 3.63) is 66.2 Å². The fourth-order valence-electron chi connectivity index (χ4n) is 4.85. The number of ether oxygens (including phenoxy) is 2. The average molecular weight is 466 g/mol. The van der Waals surface area contributed by atoms with E-state index in [4.69, 9.17) is 14.5 Å². The number of benzene rings is 3. The molecule has 2 aliphatic heterocycles. The number of H-pyrrole nitrogens is 1. The van der Waals surface area contributed by atoms with Gasteiger partial charge in [0.15, 0.2) is 0 Å². The second-order valence-corrected chi connectivity index (χ2v) is 8.99. The Balaban J connectivity index is 1.30. The zero-order valence-electron chi connectivity index (χ0n) is 19.5. The molecule has 0 saturated carbocycles. The quantitative estimate of drug-likeness (QED) is 0.456. The first kappa shape index (κ1) is 21.7. The first-order chi connectivity index (χ1) is 17.3. The Kier molecular flexibility index (Phi) is 5.83. The molecule has 0 bridgehead atoms. The molecule has 2 N–H and O–H groups in total. The highest BCUT2D eigenvalue weighted by Crippen LogP contribution is 2.33. The van der Waals surface area contributed by atoms with E-state index >= 15 is 0 Å². The number of rotatable bonds is 5. The Morgan fingerprint density at radius 2 is 1.86 bits per heavy atom. The number of hydrogen-bond acceptors (Lipinski definition) is 6. The summed E-state index contributed by atoms with van der Waals surface area (Å²) in [6.07, 6.45) is 1.06. The van der Waals surface area contributed by atoms with Crippen molar-refractivity contribution >= 4 is 16.7 Å². The van der Waals surface area contributed by atoms with E-state index in [-0.39, 0.29) is 6.10 Å². The molecule has 7 nitrogen and oxygen atoms in total. The fraction of sp³-hybridized carbons (Fsp3) is 0.286. The smallest absolute Gasteiger partial charge is 0.138 e. The second kappa shape index (κ2) is 9.41. The van der Waals surface area contributed by atoms with Gasteiger partial charge in [0.2, 0.25) is 0 Å². The summed E-state index contributed by atoms with van der Waals surface area (Å²) in [6, 6.07) is 22.7. The Hall–Kier alpha value is -3.86. The van der Waals surface area contributed by atoms with Crippen LogP contribution in [-0.2, 0) is 4.74 Å². The maximum Gasteiger partial charge on any atom is 0.138 e. The van der Waals surface area contributed by atoms with Crippen molar-refractivity contribution in [1.82, 2.24) is 15.3 Å². The topological polar surface area (TPSA) is 86.2 Å². The first-order valence-corrected chi connectivity index (χ1v) is 12.1. The Bertz CT molecular complexity index is 1380. The van der Waals surface area contributed by atoms with Crippen LogP contribution >= 0.6 is 0 Å². The molecule has 0 radical (unpaired) electrons. The van der Waals surface area contributed by atoms with E-state index in [1.807, 2.05) is 36.4 Å². The molecular weight excluding hydrogens is 438 g/mol. The standard InChI is InChI=1S/C28H27N5O2/c29-17-21-16-20(6-9-26(21)35-23-10-11-30-18-23)24-2-1-3-25-27(24)32-28(31-25)19-4-7-22(8-5-19)33-12-14-34-15-13-33/h1-9,16,23,30H,10-15,18H2,(H,31,32)/t23-/m1/s1. The van der Waals surface area contributed by atoms with E-state index in [2.05, 4.69) is 45.5 Å². The molecule has 0 aliphatic carbocycles. The van der Waals surface area contributed by atoms with Gasteiger partial charge in [-0.25, -0.2) is 4.98 Å². The van der Waals surface area contributed by atoms with E-state index in [0.717, 1.165) is 79.4 Å². The highest BCUT2D eigenvalue weighted by molar-refractivity contribution is 5.94. The van der Waals surface area contributed by atoms with Crippen LogP contribution in [0.4, 0.5) is 5.69 Å². The molecule has 35 heavy (non-hydrogen) atoms. The van der Waals surface area contributed by atoms with Gasteiger partial charge in [0.1, 0.15) is 23.7 Å². The van der Waals surface area contributed by atoms with Gasteiger partial charge in [0, 0.05) is 36.4 Å². The number of anilines is 1. The maximum atomic E-state index is 9.77. The van der Waals surface area contributed by atoms with Crippen LogP contribution in [0.25, 0.3) is 33.5 Å². The summed E-state index contributed by atoms with van der Waals surface area (Å²) in [5.74, 6) is 1.47. The van der Waals surface area contributed by atoms with Gasteiger partial charge in [-0.2, -0.15) is 5.26 Å². The van der Waals surface area contributed by atoms with E-state index in [9.17, 15) is 5.26 Å². The fourth-order valence-corrected chi connectivity index (χ4v) is 4.85. The molecule has 6 rings (SSSR count). The summed E-state index contributed by atoms with van der Waals surface area (Å²) < 4.78 is 11.5. The zero-order chi connectivity index (χ0) is 23.6. The molecular formula is C28H27N5O2. The lowest BCUT2D eigenvalue weighted by Gasteiger charge is -2.28. The number of nitriles is 1. The largest absolute Gasteiger partial charge is 0.488 e. The van der Waals surface area contributed by atoms with Gasteiger partial charge >= 0.3 is 0 Å². The second-order valence-electron chi connectivity index (χ2n) is 8.99. The van der Waals surface area contributed by atoms with Crippen LogP contribution < -0.4 is 15.0 Å². The van der Waals surface area contributed by atoms with Crippen molar-refractivity contribution in [1.29, 1.82) is 5.26 Å². The predicted molar refractivity (Wildman–Crippen MR) is 137 cm³/mol. The minimum absolute atomic E-state index is 0.111. The summed E-state index contributed by atoms with van der Waals surface area (Å²) in [5.41, 5.74) is 6.57. The summed E-state index contributed by atoms with van der Waals surface area (Å²) in [7, 11) is 0. The number of imidazole rings is 1. The number of hydrogen-bond donors (Lipinski definition) is 2. The highest BCUT2D eigenvalue weighted by atomic mass is 16.5. The van der Waals surface area contributed by atoms with Crippen molar-refractivity contribution < 1.29 is 9.47 Å². The molecule has 0 spiro atoms. The third kappa shape index (κ3) is 4.34. The third-order valence-corrected chi connectivity index (χ3v) is 6.75. The van der Waals surface area contributed by atoms with Crippen LogP contribution in [0.2, 0.25) is 0 Å². The summed E-state index contributed by atoms with van der Waals surface area (Å²) in [4.78, 5) is 10.8. The van der Waals surface area contributed by atoms with Gasteiger partial charge in [-0.15, -0.1) is 0 Å². The van der Waals surface area contributed by atoms with Crippen molar-refractivity contribution in [2.45, 2.75) is 12.5 Å². The number of morpholine rings is 1. The predicted octanol–water partition coefficient (Wildman–Crippen LogP) is 4.35. The van der Waals surface area contributed by atoms with E-state index < -0.39 is 0 Å². The van der Waals surface area contributed by atoms with Crippen molar-refractivity contribution in [3.63, 3.8) is 0 Å². The number of aromatic nitrogens is 2. The molecule has 1 atom stereocenters. The monoisotopic (exact) mass is 465 g/mol. The Labute approximate surface area is 204 Å². The van der Waals surface area contributed by atoms with E-state index in [0.29, 0.717) is 11.3 Å². The summed E-state index contributed by atoms with van der Waals surface area (Å²) in [6.45, 7) is 5.14. The SMILES string of the molecule is N#Cc1cc(-c2cccc3[nH]c(-c4ccc(N5CCOCC5)cc4)nc23)ccc1O[C@@H]1CCNC1. The molecule has 7 heteroatoms. The van der Waals surface area contributed by atoms with Crippen LogP contribution in [0, 0.1) is 11.3 Å². The highest BCUT2D eigenvalue weighted by Gasteiger charge is 2.19. The zero-order valence-corrected chi connectivity index (χ0v) is 19.5. The van der Waals surface area contributed by atoms with Crippen LogP contribution in [-0.4, -0.2) is 55.5 Å². The van der Waals surface area contributed by atoms with E-state index in [1.165, 1.54) is 5.69 Å². The first-order valence-electron chi connectivity index (χ1n) is 12.1. The third-order valence-electron chi connectivity index (χ3n) is 6.75. The van der Waals surface area contributed by atoms with Crippen molar-refractivity contribution in [2.75, 3.05) is 44.3 Å². The average Bonchev–Trinajstić information content (AvgIpc) is 3.59. The molecule has 2 aliphatic rings. The Morgan fingerprint density at radius 3 is 2.63 bits per heavy atom. The van der Waals surface area contributed by atoms with Crippen LogP contribution in [0.1, 0.15) is 12.0 Å². The maximum absolute atomic E-state index is 9.77. The van der Waals surface area contributed by atoms with Gasteiger partial charge < -0.3 is 24.7 Å². The number of para-hydroxylation sites is 1. The Morgan fingerprint density at radius 1 is 1.03 bits per heavy atom. The van der Waals surface area contributed by atoms with Gasteiger partial charge in [0.05, 0.1) is 29.8 Å². The lowest BCUT2D eigenvalue weighted by Crippen LogP contribution is -2.36. The molecule has 176 valence electrons. The van der Waals surface area contributed by atoms with Crippen molar-refractivity contribution in [3.8, 4) is 34.3 Å². The van der Waals surface area contributed by atoms with Crippen LogP contribution in [0.3, 0.4) is 0 Å². The summed E-state index contributed by atoms with van der Waals surface area (Å²) in [5, 5.41) is 13.1. The van der Waals surface area contributed by atoms with Gasteiger partial charge in [-0.05, 0) is 61.0 Å². The molecule has 0 amide bonds. The van der Waals surface area contributed by atoms with Crippen LogP contribution in [0.5, 0.6) is 5.75 Å². The minimum atomic E-state index is 0.111. The van der Waals surface area contributed by atoms with Crippen molar-refractivity contribution in [2.24, 2.45) is 0 Å². The minimum Gasteiger partial charge on any atom is -0.488 e. The number of fused-ring (bicyclic) bond motifs is 1. The molecule has 2 fully saturated rings. The number of nitrogens with zero attached hydrogens (tertiary/aromatic N) is 3. The van der Waals surface area contributed by atoms with Crippen LogP contribution in [0.15, 0.2) is 60.7 Å². The number of aromatic amines is 1. The van der Waals surface area contributed by atoms with Gasteiger partial charge in [-0.3, -0.25) is 0 Å². The van der Waals surface area contributed by atoms with Gasteiger partial charge in [0.25, 0.3) is 0 Å². The molecule has 1 aromatic heterocycles. The molecule has 2 saturated heterocycles. The molecule has 3 aromatic carbocycles. The summed E-state index contributed by atoms with van der Waals surface area (Å²) >= 11 is 0. The lowest BCUT2D eigenvalue weighted by atomic mass is 10.0.